The van der Waals surface area contributed by atoms with Crippen molar-refractivity contribution in [1.29, 1.82) is 0 Å². The lowest BCUT2D eigenvalue weighted by molar-refractivity contribution is -0.384. The first kappa shape index (κ1) is 21.6. The average Bonchev–Trinajstić information content (AvgIpc) is 3.30. The Morgan fingerprint density at radius 2 is 1.79 bits per heavy atom. The molecule has 172 valence electrons. The number of benzene rings is 3. The van der Waals surface area contributed by atoms with Gasteiger partial charge in [-0.25, -0.2) is 0 Å². The van der Waals surface area contributed by atoms with Gasteiger partial charge in [0.15, 0.2) is 17.3 Å². The van der Waals surface area contributed by atoms with Gasteiger partial charge in [0, 0.05) is 41.4 Å². The Kier molecular flexibility index (Phi) is 4.87. The van der Waals surface area contributed by atoms with Crippen LogP contribution in [0.15, 0.2) is 66.7 Å². The van der Waals surface area contributed by atoms with E-state index in [1.165, 1.54) is 36.4 Å². The maximum Gasteiger partial charge on any atom is 0.269 e. The Balaban J connectivity index is 1.70. The molecule has 3 unspecified atom stereocenters. The van der Waals surface area contributed by atoms with Crippen LogP contribution in [0.3, 0.4) is 0 Å². The topological polar surface area (TPSA) is 133 Å². The van der Waals surface area contributed by atoms with Crippen LogP contribution in [0.1, 0.15) is 27.4 Å². The number of nitrogens with zero attached hydrogens (tertiary/aromatic N) is 2. The summed E-state index contributed by atoms with van der Waals surface area (Å²) in [4.78, 5) is 40.0. The number of hydrogen-bond donors (Lipinski definition) is 3. The first-order valence-electron chi connectivity index (χ1n) is 10.7. The minimum absolute atomic E-state index is 0.140. The number of nitrogens with one attached hydrogen (secondary N) is 1. The normalized spacial score (nSPS) is 23.6. The van der Waals surface area contributed by atoms with Gasteiger partial charge >= 0.3 is 0 Å². The third-order valence-corrected chi connectivity index (χ3v) is 6.93. The number of carbonyl (C=O) groups excluding carboxylic acids is 2. The molecule has 1 saturated heterocycles. The summed E-state index contributed by atoms with van der Waals surface area (Å²) in [5.74, 6) is -2.68. The number of para-hydroxylation sites is 1. The van der Waals surface area contributed by atoms with Gasteiger partial charge in [-0.2, -0.15) is 0 Å². The van der Waals surface area contributed by atoms with Crippen LogP contribution in [0.5, 0.6) is 11.5 Å². The molecule has 1 amide bonds. The molecule has 0 saturated carbocycles. The van der Waals surface area contributed by atoms with Gasteiger partial charge in [-0.3, -0.25) is 24.6 Å². The van der Waals surface area contributed by atoms with Gasteiger partial charge in [-0.05, 0) is 42.9 Å². The minimum Gasteiger partial charge on any atom is -0.504 e. The zero-order valence-electron chi connectivity index (χ0n) is 18.1. The number of Topliss-reactive ketones (excluding diaryl/α,β-unsaturated/α-hetero) is 1. The van der Waals surface area contributed by atoms with Gasteiger partial charge in [0.2, 0.25) is 5.91 Å². The monoisotopic (exact) mass is 459 g/mol. The zero-order chi connectivity index (χ0) is 24.2. The van der Waals surface area contributed by atoms with E-state index in [1.54, 1.807) is 25.2 Å². The number of nitro groups is 1. The second kappa shape index (κ2) is 7.67. The number of carbonyl (C=O) groups is 2. The van der Waals surface area contributed by atoms with Crippen molar-refractivity contribution in [1.82, 2.24) is 4.90 Å². The molecule has 2 aliphatic heterocycles. The van der Waals surface area contributed by atoms with Crippen molar-refractivity contribution in [3.05, 3.63) is 93.5 Å². The van der Waals surface area contributed by atoms with Crippen LogP contribution in [-0.4, -0.2) is 45.3 Å². The van der Waals surface area contributed by atoms with Crippen LogP contribution in [0, 0.1) is 16.0 Å². The van der Waals surface area contributed by atoms with Crippen molar-refractivity contribution in [3.63, 3.8) is 0 Å². The van der Waals surface area contributed by atoms with E-state index in [9.17, 15) is 29.9 Å². The number of hydrogen-bond acceptors (Lipinski definition) is 7. The zero-order valence-corrected chi connectivity index (χ0v) is 18.1. The van der Waals surface area contributed by atoms with Crippen LogP contribution in [0.2, 0.25) is 0 Å². The highest BCUT2D eigenvalue weighted by Crippen LogP contribution is 2.55. The molecule has 1 fully saturated rings. The third kappa shape index (κ3) is 2.97. The second-order valence-electron chi connectivity index (χ2n) is 8.65. The smallest absolute Gasteiger partial charge is 0.269 e. The fourth-order valence-electron chi connectivity index (χ4n) is 5.39. The largest absolute Gasteiger partial charge is 0.504 e. The molecule has 3 aromatic carbocycles. The fourth-order valence-corrected chi connectivity index (χ4v) is 5.39. The summed E-state index contributed by atoms with van der Waals surface area (Å²) in [5, 5.41) is 33.9. The highest BCUT2D eigenvalue weighted by Gasteiger charge is 2.64. The van der Waals surface area contributed by atoms with Crippen molar-refractivity contribution >= 4 is 23.1 Å². The lowest BCUT2D eigenvalue weighted by Gasteiger charge is -2.35. The molecule has 3 atom stereocenters. The summed E-state index contributed by atoms with van der Waals surface area (Å²) in [7, 11) is 1.78. The lowest BCUT2D eigenvalue weighted by atomic mass is 9.70. The fraction of sp³-hybridized carbons (Fsp3) is 0.200. The van der Waals surface area contributed by atoms with Gasteiger partial charge in [-0.1, -0.05) is 24.3 Å². The number of phenolic OH excluding ortho intramolecular Hbond substituents is 2. The van der Waals surface area contributed by atoms with Crippen molar-refractivity contribution in [2.24, 2.45) is 5.92 Å². The number of likely N-dealkylation sites (N-methyl/N-ethyl adjacent to an activating group) is 1. The average molecular weight is 459 g/mol. The number of ketones is 1. The molecule has 9 nitrogen and oxygen atoms in total. The van der Waals surface area contributed by atoms with E-state index in [0.29, 0.717) is 23.4 Å². The maximum absolute atomic E-state index is 14.0. The molecular formula is C25H21N3O6. The number of aromatic hydroxyl groups is 2. The van der Waals surface area contributed by atoms with Crippen LogP contribution in [-0.2, 0) is 10.3 Å². The molecule has 34 heavy (non-hydrogen) atoms. The molecule has 0 aliphatic carbocycles. The standard InChI is InChI=1S/C25H21N3O6/c1-27-13-17(15-8-11-20(29)21(30)12-15)22(23(31)14-6-9-16(10-7-14)28(33)34)25(27)18-4-2-3-5-19(18)26-24(25)32/h2-12,17,22,29-30H,13H2,1H3,(H,26,32). The lowest BCUT2D eigenvalue weighted by Crippen LogP contribution is -2.51. The number of anilines is 1. The maximum atomic E-state index is 14.0. The van der Waals surface area contributed by atoms with Crippen LogP contribution < -0.4 is 5.32 Å². The number of non-ortho nitro benzene ring substituents is 1. The molecule has 2 aliphatic rings. The summed E-state index contributed by atoms with van der Waals surface area (Å²) in [6, 6.07) is 16.9. The van der Waals surface area contributed by atoms with Crippen molar-refractivity contribution in [3.8, 4) is 11.5 Å². The quantitative estimate of drug-likeness (QED) is 0.236. The molecule has 0 bridgehead atoms. The predicted octanol–water partition coefficient (Wildman–Crippen LogP) is 3.38. The van der Waals surface area contributed by atoms with Crippen molar-refractivity contribution in [2.75, 3.05) is 18.9 Å². The molecule has 0 aromatic heterocycles. The van der Waals surface area contributed by atoms with E-state index >= 15 is 0 Å². The molecule has 0 radical (unpaired) electrons. The summed E-state index contributed by atoms with van der Waals surface area (Å²) in [6.07, 6.45) is 0. The summed E-state index contributed by atoms with van der Waals surface area (Å²) >= 11 is 0. The van der Waals surface area contributed by atoms with E-state index in [2.05, 4.69) is 5.32 Å². The van der Waals surface area contributed by atoms with Crippen LogP contribution in [0.4, 0.5) is 11.4 Å². The van der Waals surface area contributed by atoms with E-state index in [1.807, 2.05) is 17.0 Å². The molecular weight excluding hydrogens is 438 g/mol. The summed E-state index contributed by atoms with van der Waals surface area (Å²) in [5.41, 5.74) is 0.683. The summed E-state index contributed by atoms with van der Waals surface area (Å²) < 4.78 is 0. The Labute approximate surface area is 194 Å². The van der Waals surface area contributed by atoms with Gasteiger partial charge in [-0.15, -0.1) is 0 Å². The highest BCUT2D eigenvalue weighted by molar-refractivity contribution is 6.12. The SMILES string of the molecule is CN1CC(c2ccc(O)c(O)c2)C(C(=O)c2ccc([N+](=O)[O-])cc2)C12C(=O)Nc1ccccc12. The van der Waals surface area contributed by atoms with Gasteiger partial charge < -0.3 is 15.5 Å². The van der Waals surface area contributed by atoms with Gasteiger partial charge in [0.05, 0.1) is 10.8 Å². The number of rotatable bonds is 4. The van der Waals surface area contributed by atoms with E-state index < -0.39 is 22.3 Å². The minimum atomic E-state index is -1.31. The van der Waals surface area contributed by atoms with Gasteiger partial charge in [0.1, 0.15) is 5.54 Å². The second-order valence-corrected chi connectivity index (χ2v) is 8.65. The summed E-state index contributed by atoms with van der Waals surface area (Å²) in [6.45, 7) is 0.329. The first-order valence-corrected chi connectivity index (χ1v) is 10.7. The highest BCUT2D eigenvalue weighted by atomic mass is 16.6. The van der Waals surface area contributed by atoms with Gasteiger partial charge in [0.25, 0.3) is 5.69 Å². The number of phenols is 2. The van der Waals surface area contributed by atoms with Crippen molar-refractivity contribution < 1.29 is 24.7 Å². The Morgan fingerprint density at radius 3 is 2.47 bits per heavy atom. The molecule has 5 rings (SSSR count). The van der Waals surface area contributed by atoms with E-state index in [-0.39, 0.29) is 34.4 Å². The van der Waals surface area contributed by atoms with Crippen molar-refractivity contribution in [2.45, 2.75) is 11.5 Å². The molecule has 9 heteroatoms. The van der Waals surface area contributed by atoms with Crippen LogP contribution in [0.25, 0.3) is 0 Å². The Bertz CT molecular complexity index is 1340. The Morgan fingerprint density at radius 1 is 1.09 bits per heavy atom. The van der Waals surface area contributed by atoms with E-state index in [4.69, 9.17) is 0 Å². The van der Waals surface area contributed by atoms with E-state index in [0.717, 1.165) is 0 Å². The van der Waals surface area contributed by atoms with Crippen LogP contribution >= 0.6 is 0 Å². The number of nitro benzene ring substituents is 1. The number of amides is 1. The molecule has 2 heterocycles. The molecule has 1 spiro atoms. The molecule has 3 aromatic rings. The third-order valence-electron chi connectivity index (χ3n) is 6.93. The predicted molar refractivity (Wildman–Crippen MR) is 123 cm³/mol. The number of fused-ring (bicyclic) bond motifs is 2. The number of likely N-dealkylation sites (tertiary alicyclic amines) is 1. The molecule has 3 N–H and O–H groups in total. The first-order chi connectivity index (χ1) is 16.2. The Hall–Kier alpha value is -4.24.